The molecule has 0 aliphatic carbocycles. The van der Waals surface area contributed by atoms with Gasteiger partial charge in [0.15, 0.2) is 18.1 Å². The number of nitrogens with one attached hydrogen (secondary N) is 2. The number of amides is 1. The molecule has 1 heterocycles. The van der Waals surface area contributed by atoms with E-state index in [1.165, 1.54) is 0 Å². The molecule has 1 aromatic heterocycles. The number of halogens is 1. The molecule has 2 rings (SSSR count). The molecule has 1 aromatic carbocycles. The number of methoxy groups -OCH3 is 1. The summed E-state index contributed by atoms with van der Waals surface area (Å²) in [5.74, 6) is 1.83. The van der Waals surface area contributed by atoms with Gasteiger partial charge in [-0.2, -0.15) is 0 Å². The Bertz CT molecular complexity index is 781. The Morgan fingerprint density at radius 3 is 2.66 bits per heavy atom. The fourth-order valence-corrected chi connectivity index (χ4v) is 3.08. The summed E-state index contributed by atoms with van der Waals surface area (Å²) in [6.07, 6.45) is 0. The van der Waals surface area contributed by atoms with E-state index >= 15 is 0 Å². The number of ether oxygens (including phenoxy) is 2. The van der Waals surface area contributed by atoms with E-state index in [1.54, 1.807) is 23.6 Å². The Balaban J connectivity index is 0.00000420. The third-order valence-electron chi connectivity index (χ3n) is 3.52. The predicted molar refractivity (Wildman–Crippen MR) is 115 cm³/mol. The maximum Gasteiger partial charge on any atom is 0.258 e. The Labute approximate surface area is 181 Å². The zero-order valence-corrected chi connectivity index (χ0v) is 19.0. The van der Waals surface area contributed by atoms with Crippen molar-refractivity contribution in [3.8, 4) is 11.5 Å². The molecule has 0 spiro atoms. The molecule has 9 nitrogen and oxygen atoms in total. The van der Waals surface area contributed by atoms with Crippen molar-refractivity contribution in [3.05, 3.63) is 23.8 Å². The molecule has 0 bridgehead atoms. The third kappa shape index (κ3) is 8.88. The van der Waals surface area contributed by atoms with E-state index in [0.717, 1.165) is 23.0 Å². The number of carbonyl (C=O) groups excluding carboxylic acids is 1. The van der Waals surface area contributed by atoms with E-state index < -0.39 is 0 Å². The van der Waals surface area contributed by atoms with Crippen LogP contribution in [0.1, 0.15) is 26.3 Å². The van der Waals surface area contributed by atoms with Crippen LogP contribution in [0.5, 0.6) is 11.5 Å². The Kier molecular flexibility index (Phi) is 10.2. The molecule has 11 heteroatoms. The molecule has 0 aliphatic rings. The van der Waals surface area contributed by atoms with E-state index in [-0.39, 0.29) is 30.5 Å². The summed E-state index contributed by atoms with van der Waals surface area (Å²) in [7, 11) is 3.40. The van der Waals surface area contributed by atoms with Crippen molar-refractivity contribution in [1.29, 1.82) is 0 Å². The summed E-state index contributed by atoms with van der Waals surface area (Å²) in [4.78, 5) is 11.9. The Morgan fingerprint density at radius 2 is 2.03 bits per heavy atom. The minimum Gasteiger partial charge on any atom is -0.493 e. The lowest BCUT2D eigenvalue weighted by Gasteiger charge is -2.20. The highest BCUT2D eigenvalue weighted by Gasteiger charge is 2.15. The zero-order chi connectivity index (χ0) is 20.6. The molecular weight excluding hydrogens is 416 g/mol. The standard InChI is InChI=1S/C18H28N6O3S.ClH/c1-18(2,3)20-16(25)12-27-14-7-6-13(10-15(14)26-5)11-19-8-9-28-17-21-22-23-24(17)4;/h6-7,10,19H,8-9,11-12H2,1-5H3,(H,20,25);1H. The summed E-state index contributed by atoms with van der Waals surface area (Å²) >= 11 is 1.59. The van der Waals surface area contributed by atoms with Crippen LogP contribution >= 0.6 is 24.2 Å². The Morgan fingerprint density at radius 1 is 1.28 bits per heavy atom. The summed E-state index contributed by atoms with van der Waals surface area (Å²) in [5.41, 5.74) is 0.774. The van der Waals surface area contributed by atoms with Gasteiger partial charge in [0.05, 0.1) is 7.11 Å². The van der Waals surface area contributed by atoms with Crippen molar-refractivity contribution in [2.75, 3.05) is 26.0 Å². The topological polar surface area (TPSA) is 103 Å². The highest BCUT2D eigenvalue weighted by Crippen LogP contribution is 2.28. The van der Waals surface area contributed by atoms with Crippen molar-refractivity contribution in [2.24, 2.45) is 7.05 Å². The number of tetrazole rings is 1. The average Bonchev–Trinajstić information content (AvgIpc) is 3.03. The van der Waals surface area contributed by atoms with Gasteiger partial charge in [-0.3, -0.25) is 4.79 Å². The molecule has 1 amide bonds. The van der Waals surface area contributed by atoms with E-state index in [0.29, 0.717) is 18.0 Å². The number of aryl methyl sites for hydroxylation is 1. The van der Waals surface area contributed by atoms with Gasteiger partial charge in [-0.15, -0.1) is 17.5 Å². The summed E-state index contributed by atoms with van der Waals surface area (Å²) < 4.78 is 12.6. The van der Waals surface area contributed by atoms with Gasteiger partial charge in [0.1, 0.15) is 0 Å². The van der Waals surface area contributed by atoms with E-state index in [9.17, 15) is 4.79 Å². The molecule has 2 aromatic rings. The highest BCUT2D eigenvalue weighted by molar-refractivity contribution is 7.99. The molecule has 0 saturated heterocycles. The second kappa shape index (κ2) is 11.8. The van der Waals surface area contributed by atoms with Gasteiger partial charge in [-0.1, -0.05) is 17.8 Å². The quantitative estimate of drug-likeness (QED) is 0.422. The van der Waals surface area contributed by atoms with Crippen LogP contribution in [0.15, 0.2) is 23.4 Å². The van der Waals surface area contributed by atoms with Crippen LogP contribution in [0, 0.1) is 0 Å². The third-order valence-corrected chi connectivity index (χ3v) is 4.53. The number of thioether (sulfide) groups is 1. The fourth-order valence-electron chi connectivity index (χ4n) is 2.33. The SMILES string of the molecule is COc1cc(CNCCSc2nnnn2C)ccc1OCC(=O)NC(C)(C)C.Cl. The largest absolute Gasteiger partial charge is 0.493 e. The molecule has 0 saturated carbocycles. The maximum atomic E-state index is 11.9. The lowest BCUT2D eigenvalue weighted by atomic mass is 10.1. The van der Waals surface area contributed by atoms with Crippen LogP contribution in [0.3, 0.4) is 0 Å². The summed E-state index contributed by atoms with van der Waals surface area (Å²) in [6, 6.07) is 5.68. The average molecular weight is 445 g/mol. The lowest BCUT2D eigenvalue weighted by Crippen LogP contribution is -2.43. The van der Waals surface area contributed by atoms with Crippen LogP contribution in [-0.4, -0.2) is 57.7 Å². The number of hydrogen-bond donors (Lipinski definition) is 2. The monoisotopic (exact) mass is 444 g/mol. The molecule has 162 valence electrons. The molecule has 0 unspecified atom stereocenters. The lowest BCUT2D eigenvalue weighted by molar-refractivity contribution is -0.124. The van der Waals surface area contributed by atoms with Crippen molar-refractivity contribution in [2.45, 2.75) is 38.0 Å². The van der Waals surface area contributed by atoms with Gasteiger partial charge in [0.2, 0.25) is 5.16 Å². The maximum absolute atomic E-state index is 11.9. The van der Waals surface area contributed by atoms with E-state index in [1.807, 2.05) is 46.0 Å². The normalized spacial score (nSPS) is 10.9. The molecular formula is C18H29ClN6O3S. The van der Waals surface area contributed by atoms with Crippen LogP contribution in [0.25, 0.3) is 0 Å². The molecule has 0 fully saturated rings. The summed E-state index contributed by atoms with van der Waals surface area (Å²) in [5, 5.41) is 18.4. The molecule has 29 heavy (non-hydrogen) atoms. The molecule has 0 radical (unpaired) electrons. The number of carbonyl (C=O) groups is 1. The van der Waals surface area contributed by atoms with Crippen molar-refractivity contribution < 1.29 is 14.3 Å². The second-order valence-electron chi connectivity index (χ2n) is 7.18. The summed E-state index contributed by atoms with van der Waals surface area (Å²) in [6.45, 7) is 7.23. The van der Waals surface area contributed by atoms with Crippen LogP contribution in [-0.2, 0) is 18.4 Å². The smallest absolute Gasteiger partial charge is 0.258 e. The van der Waals surface area contributed by atoms with Crippen LogP contribution in [0.2, 0.25) is 0 Å². The molecule has 0 aliphatic heterocycles. The van der Waals surface area contributed by atoms with Gasteiger partial charge in [-0.25, -0.2) is 4.68 Å². The zero-order valence-electron chi connectivity index (χ0n) is 17.4. The van der Waals surface area contributed by atoms with Gasteiger partial charge in [0.25, 0.3) is 5.91 Å². The number of rotatable bonds is 10. The Hall–Kier alpha value is -2.04. The minimum absolute atomic E-state index is 0. The van der Waals surface area contributed by atoms with E-state index in [4.69, 9.17) is 9.47 Å². The first kappa shape index (κ1) is 25.0. The van der Waals surface area contributed by atoms with Crippen molar-refractivity contribution in [1.82, 2.24) is 30.8 Å². The number of benzene rings is 1. The first-order valence-electron chi connectivity index (χ1n) is 8.95. The predicted octanol–water partition coefficient (Wildman–Crippen LogP) is 1.82. The van der Waals surface area contributed by atoms with Gasteiger partial charge < -0.3 is 20.1 Å². The first-order valence-corrected chi connectivity index (χ1v) is 9.93. The van der Waals surface area contributed by atoms with Gasteiger partial charge in [0, 0.05) is 31.4 Å². The number of hydrogen-bond acceptors (Lipinski definition) is 8. The molecule has 2 N–H and O–H groups in total. The first-order chi connectivity index (χ1) is 13.3. The highest BCUT2D eigenvalue weighted by atomic mass is 35.5. The minimum atomic E-state index is -0.290. The van der Waals surface area contributed by atoms with Crippen molar-refractivity contribution >= 4 is 30.1 Å². The number of nitrogens with zero attached hydrogens (tertiary/aromatic N) is 4. The number of aromatic nitrogens is 4. The van der Waals surface area contributed by atoms with Crippen molar-refractivity contribution in [3.63, 3.8) is 0 Å². The van der Waals surface area contributed by atoms with Gasteiger partial charge >= 0.3 is 0 Å². The second-order valence-corrected chi connectivity index (χ2v) is 8.24. The van der Waals surface area contributed by atoms with Crippen LogP contribution in [0.4, 0.5) is 0 Å². The van der Waals surface area contributed by atoms with Crippen LogP contribution < -0.4 is 20.1 Å². The van der Waals surface area contributed by atoms with E-state index in [2.05, 4.69) is 26.2 Å². The van der Waals surface area contributed by atoms with Gasteiger partial charge in [-0.05, 0) is 48.9 Å². The fraction of sp³-hybridized carbons (Fsp3) is 0.556. The molecule has 0 atom stereocenters.